The van der Waals surface area contributed by atoms with Gasteiger partial charge in [0.15, 0.2) is 0 Å². The van der Waals surface area contributed by atoms with E-state index in [1.807, 2.05) is 19.1 Å². The maximum absolute atomic E-state index is 10.3. The van der Waals surface area contributed by atoms with Crippen molar-refractivity contribution in [2.24, 2.45) is 0 Å². The Bertz CT molecular complexity index is 1220. The summed E-state index contributed by atoms with van der Waals surface area (Å²) in [4.78, 5) is 0. The van der Waals surface area contributed by atoms with E-state index >= 15 is 0 Å². The minimum Gasteiger partial charge on any atom is -0.394 e. The van der Waals surface area contributed by atoms with Crippen LogP contribution in [-0.4, -0.2) is 56.8 Å². The van der Waals surface area contributed by atoms with Crippen molar-refractivity contribution in [3.8, 4) is 0 Å². The first-order valence-electron chi connectivity index (χ1n) is 10.2. The van der Waals surface area contributed by atoms with E-state index in [2.05, 4.69) is 42.5 Å². The van der Waals surface area contributed by atoms with Crippen molar-refractivity contribution in [3.63, 3.8) is 0 Å². The van der Waals surface area contributed by atoms with Gasteiger partial charge in [0.05, 0.1) is 21.1 Å². The first-order valence-corrected chi connectivity index (χ1v) is 10.2. The second-order valence-electron chi connectivity index (χ2n) is 8.49. The van der Waals surface area contributed by atoms with Crippen LogP contribution in [0.2, 0.25) is 5.31 Å². The smallest absolute Gasteiger partial charge is 0.112 e. The van der Waals surface area contributed by atoms with Gasteiger partial charge in [0, 0.05) is 26.4 Å². The van der Waals surface area contributed by atoms with Gasteiger partial charge in [-0.05, 0) is 43.2 Å². The number of allylic oxidation sites excluding steroid dienone is 1. The Hall–Kier alpha value is -2.45. The fraction of sp³-hybridized carbons (Fsp3) is 0.333. The molecule has 3 aromatic carbocycles. The summed E-state index contributed by atoms with van der Waals surface area (Å²) in [6.45, 7) is 1.97. The van der Waals surface area contributed by atoms with Crippen molar-refractivity contribution in [2.75, 3.05) is 6.61 Å². The SMILES string of the molecule is [B]C1OC(CO)C(O)C1OCc1ccc2ccc3c4c(ccc1c24)=CC([B])(C)C=C3.[Re].[Rf]. The fourth-order valence-corrected chi connectivity index (χ4v) is 4.60. The van der Waals surface area contributed by atoms with Crippen LogP contribution in [0.15, 0.2) is 42.5 Å². The van der Waals surface area contributed by atoms with E-state index in [1.165, 1.54) is 10.8 Å². The molecule has 0 saturated carbocycles. The maximum Gasteiger partial charge on any atom is 0.112 e. The van der Waals surface area contributed by atoms with Gasteiger partial charge >= 0.3 is 0 Å². The van der Waals surface area contributed by atoms with Crippen LogP contribution in [0.25, 0.3) is 33.7 Å². The average molecular weight is 849 g/mol. The Labute approximate surface area is 197 Å². The third kappa shape index (κ3) is 3.90. The van der Waals surface area contributed by atoms with Gasteiger partial charge < -0.3 is 19.7 Å². The molecule has 1 fully saturated rings. The van der Waals surface area contributed by atoms with Gasteiger partial charge in [-0.3, -0.25) is 0 Å². The van der Waals surface area contributed by atoms with Crippen molar-refractivity contribution in [2.45, 2.75) is 43.2 Å². The Morgan fingerprint density at radius 1 is 1.12 bits per heavy atom. The van der Waals surface area contributed by atoms with Crippen molar-refractivity contribution >= 4 is 49.4 Å². The van der Waals surface area contributed by atoms with Gasteiger partial charge in [-0.1, -0.05) is 61.5 Å². The molecule has 1 heterocycles. The Balaban J connectivity index is 0.00000144. The molecule has 5 atom stereocenters. The quantitative estimate of drug-likeness (QED) is 0.395. The zero-order valence-electron chi connectivity index (χ0n) is 17.9. The Kier molecular flexibility index (Phi) is 6.68. The molecule has 0 spiro atoms. The summed E-state index contributed by atoms with van der Waals surface area (Å²) in [5.74, 6) is 0. The molecule has 5 radical (unpaired) electrons. The average Bonchev–Trinajstić information content (AvgIpc) is 2.91. The molecule has 4 nitrogen and oxygen atoms in total. The molecule has 1 aliphatic carbocycles. The second kappa shape index (κ2) is 8.83. The molecule has 5 unspecified atom stereocenters. The zero-order valence-corrected chi connectivity index (χ0v) is 27.0. The Morgan fingerprint density at radius 3 is 2.59 bits per heavy atom. The molecule has 2 N–H and O–H groups in total. The van der Waals surface area contributed by atoms with E-state index < -0.39 is 29.6 Å². The van der Waals surface area contributed by atoms with E-state index in [9.17, 15) is 10.2 Å². The van der Waals surface area contributed by atoms with Gasteiger partial charge in [0.1, 0.15) is 26.2 Å². The molecule has 5 rings (SSSR count). The summed E-state index contributed by atoms with van der Waals surface area (Å²) in [5.41, 5.74) is 2.14. The summed E-state index contributed by atoms with van der Waals surface area (Å²) < 4.78 is 11.3. The summed E-state index contributed by atoms with van der Waals surface area (Å²) in [6, 6.07) is 11.8. The first kappa shape index (κ1) is 24.2. The van der Waals surface area contributed by atoms with Gasteiger partial charge in [0.2, 0.25) is 0 Å². The minimum atomic E-state index is -0.962. The summed E-state index contributed by atoms with van der Waals surface area (Å²) >= 11 is 0. The normalized spacial score (nSPS) is 28.7. The molecule has 1 saturated heterocycles. The number of ether oxygens (including phenoxy) is 2. The van der Waals surface area contributed by atoms with Crippen molar-refractivity contribution in [1.29, 1.82) is 0 Å². The van der Waals surface area contributed by atoms with Gasteiger partial charge in [-0.15, -0.1) is 0 Å². The van der Waals surface area contributed by atoms with Crippen LogP contribution in [0.3, 0.4) is 0 Å². The van der Waals surface area contributed by atoms with Crippen LogP contribution in [0.4, 0.5) is 0 Å². The van der Waals surface area contributed by atoms with Crippen LogP contribution in [0, 0.1) is 0 Å². The van der Waals surface area contributed by atoms with E-state index in [4.69, 9.17) is 25.2 Å². The number of benzene rings is 3. The number of hydrogen-bond acceptors (Lipinski definition) is 4. The number of hydrogen-bond donors (Lipinski definition) is 2. The van der Waals surface area contributed by atoms with Crippen LogP contribution in [0.5, 0.6) is 0 Å². The molecule has 3 aromatic rings. The first-order chi connectivity index (χ1) is 14.4. The van der Waals surface area contributed by atoms with Crippen molar-refractivity contribution in [3.05, 3.63) is 58.8 Å². The van der Waals surface area contributed by atoms with E-state index in [-0.39, 0.29) is 33.6 Å². The molecule has 0 bridgehead atoms. The zero-order chi connectivity index (χ0) is 21.0. The molecule has 0 amide bonds. The van der Waals surface area contributed by atoms with Crippen molar-refractivity contribution in [1.82, 2.24) is 0 Å². The van der Waals surface area contributed by atoms with E-state index in [0.29, 0.717) is 0 Å². The van der Waals surface area contributed by atoms with Gasteiger partial charge in [-0.25, -0.2) is 0 Å². The molecule has 8 heteroatoms. The van der Waals surface area contributed by atoms with E-state index in [1.54, 1.807) is 0 Å². The second-order valence-corrected chi connectivity index (χ2v) is 8.49. The van der Waals surface area contributed by atoms with Crippen LogP contribution in [0.1, 0.15) is 18.1 Å². The molecular formula is C24H22B2O4ReRf. The third-order valence-electron chi connectivity index (χ3n) is 6.14. The predicted octanol–water partition coefficient (Wildman–Crippen LogP) is 2.00. The molecule has 2 aliphatic rings. The van der Waals surface area contributed by atoms with Crippen molar-refractivity contribution < 1.29 is 40.1 Å². The van der Waals surface area contributed by atoms with Crippen LogP contribution >= 0.6 is 0 Å². The molecular weight excluding hydrogens is 827 g/mol. The topological polar surface area (TPSA) is 58.9 Å². The summed E-state index contributed by atoms with van der Waals surface area (Å²) in [5, 5.41) is 24.8. The van der Waals surface area contributed by atoms with Gasteiger partial charge in [-0.2, -0.15) is 0 Å². The maximum atomic E-state index is 10.3. The number of aliphatic hydroxyl groups excluding tert-OH is 2. The standard InChI is InChI=1S/C24H22B2O4.Re.Rf/c1-24(26)9-8-14-3-2-13-4-5-16(17-7-6-15(10-24)19(14)20(13)17)12-29-22-21(28)18(11-27)30-23(22)25;;/h2-10,18,21-23,27-28H,11-12H2,1H3;;. The molecule has 32 heavy (non-hydrogen) atoms. The molecule has 0 aromatic heterocycles. The largest absolute Gasteiger partial charge is 0.394 e. The fourth-order valence-electron chi connectivity index (χ4n) is 4.60. The third-order valence-corrected chi connectivity index (χ3v) is 6.14. The minimum absolute atomic E-state index is 0. The number of aliphatic hydroxyl groups is 2. The van der Waals surface area contributed by atoms with Crippen LogP contribution in [-0.2, 0) is 36.5 Å². The summed E-state index contributed by atoms with van der Waals surface area (Å²) in [7, 11) is 12.3. The van der Waals surface area contributed by atoms with E-state index in [0.717, 1.165) is 27.1 Å². The Morgan fingerprint density at radius 2 is 1.88 bits per heavy atom. The predicted molar refractivity (Wildman–Crippen MR) is 120 cm³/mol. The number of rotatable bonds is 4. The molecule has 157 valence electrons. The monoisotopic (exact) mass is 850 g/mol. The van der Waals surface area contributed by atoms with Crippen LogP contribution < -0.4 is 5.22 Å². The summed E-state index contributed by atoms with van der Waals surface area (Å²) in [6.07, 6.45) is 3.83. The van der Waals surface area contributed by atoms with Gasteiger partial charge in [0.25, 0.3) is 0 Å². The molecule has 1 aliphatic heterocycles.